The van der Waals surface area contributed by atoms with Crippen molar-refractivity contribution in [1.82, 2.24) is 127 Å². The second-order valence-electron chi connectivity index (χ2n) is 32.5. The van der Waals surface area contributed by atoms with E-state index >= 15 is 0 Å². The van der Waals surface area contributed by atoms with Gasteiger partial charge in [-0.1, -0.05) is 0 Å². The Kier molecular flexibility index (Phi) is 27.2. The molecule has 9 N–H and O–H groups in total. The number of imidazole rings is 5. The Bertz CT molecular complexity index is 6730. The minimum Gasteiger partial charge on any atom is -0.394 e. The van der Waals surface area contributed by atoms with Gasteiger partial charge in [-0.3, -0.25) is 36.4 Å². The number of rotatable bonds is 14. The van der Waals surface area contributed by atoms with Gasteiger partial charge in [-0.25, -0.2) is 104 Å². The van der Waals surface area contributed by atoms with Crippen LogP contribution < -0.4 is 47.4 Å². The molecule has 20 rings (SSSR count). The van der Waals surface area contributed by atoms with Crippen LogP contribution in [0.15, 0.2) is 154 Å². The largest absolute Gasteiger partial charge is 0.434 e. The van der Waals surface area contributed by atoms with Crippen molar-refractivity contribution in [2.75, 3.05) is 96.6 Å². The SMILES string of the molecule is CC1C(C(N)=O)CCN1c1ccnc(-c2cnc3cnc(C(F)(F)F)cn23)n1.CC1C(C(N)=O)CCN1c1ccnc(-c2cnc3cnc(C(F)(F)F)cn23)n1.CC1COC(CO)CN1c1ccnc(-c2cnc3cnc(C(F)(F)F)cn23)n1.NC(=O)C1CCN(c2ccnc(-c3cnc4cnc(C(F)(F)F)cn34)n2)CC1.NC(=O)N1CCN(c2ccnc(-c3cnc4cnc(C(F)(F)F)cn34)n2)CC1. The van der Waals surface area contributed by atoms with Gasteiger partial charge in [0.25, 0.3) is 0 Å². The van der Waals surface area contributed by atoms with Crippen molar-refractivity contribution in [3.05, 3.63) is 183 Å². The van der Waals surface area contributed by atoms with E-state index in [1.54, 1.807) is 42.7 Å². The summed E-state index contributed by atoms with van der Waals surface area (Å²) in [5.74, 6) is 2.40. The number of aliphatic hydroxyl groups excluding tert-OH is 1. The smallest absolute Gasteiger partial charge is 0.394 e. The third-order valence-electron chi connectivity index (χ3n) is 23.8. The number of piperazine rings is 1. The summed E-state index contributed by atoms with van der Waals surface area (Å²) in [6, 6.07) is 7.80. The molecule has 5 fully saturated rings. The van der Waals surface area contributed by atoms with Crippen LogP contribution >= 0.6 is 0 Å². The van der Waals surface area contributed by atoms with E-state index in [1.807, 2.05) is 45.3 Å². The molecule has 140 heavy (non-hydrogen) atoms. The Hall–Kier alpha value is -16.0. The lowest BCUT2D eigenvalue weighted by molar-refractivity contribution is -0.142. The first-order valence-electron chi connectivity index (χ1n) is 42.7. The van der Waals surface area contributed by atoms with Gasteiger partial charge >= 0.3 is 36.9 Å². The molecule has 41 nitrogen and oxygen atoms in total. The van der Waals surface area contributed by atoms with Crippen LogP contribution in [0.25, 0.3) is 85.8 Å². The molecule has 0 radical (unpaired) electrons. The highest BCUT2D eigenvalue weighted by Gasteiger charge is 2.42. The number of hydrogen-bond donors (Lipinski definition) is 5. The molecule has 0 bridgehead atoms. The third-order valence-corrected chi connectivity index (χ3v) is 23.8. The molecular weight excluding hydrogens is 1880 g/mol. The number of aliphatic hydroxyl groups is 1. The van der Waals surface area contributed by atoms with Gasteiger partial charge in [-0.2, -0.15) is 65.9 Å². The van der Waals surface area contributed by atoms with Crippen molar-refractivity contribution in [3.8, 4) is 57.6 Å². The molecule has 732 valence electrons. The number of anilines is 5. The molecule has 15 aromatic rings. The number of carbonyl (C=O) groups is 4. The molecule has 56 heteroatoms. The summed E-state index contributed by atoms with van der Waals surface area (Å²) >= 11 is 0. The summed E-state index contributed by atoms with van der Waals surface area (Å²) < 4.78 is 207. The number of alkyl halides is 15. The fourth-order valence-electron chi connectivity index (χ4n) is 16.3. The van der Waals surface area contributed by atoms with Crippen LogP contribution in [-0.2, 0) is 50.0 Å². The predicted molar refractivity (Wildman–Crippen MR) is 464 cm³/mol. The van der Waals surface area contributed by atoms with Crippen LogP contribution in [0.3, 0.4) is 0 Å². The molecule has 6 unspecified atom stereocenters. The summed E-state index contributed by atoms with van der Waals surface area (Å²) in [5.41, 5.74) is 19.2. The Labute approximate surface area is 778 Å². The highest BCUT2D eigenvalue weighted by molar-refractivity contribution is 5.80. The number of halogens is 15. The Morgan fingerprint density at radius 3 is 0.893 bits per heavy atom. The first kappa shape index (κ1) is 97.1. The van der Waals surface area contributed by atoms with E-state index in [2.05, 4.69) is 99.7 Å². The second kappa shape index (κ2) is 39.3. The van der Waals surface area contributed by atoms with Gasteiger partial charge in [0.1, 0.15) is 57.6 Å². The number of fused-ring (bicyclic) bond motifs is 5. The normalized spacial score (nSPS) is 18.4. The number of hydrogen-bond acceptors (Lipinski definition) is 31. The highest BCUT2D eigenvalue weighted by atomic mass is 19.4. The van der Waals surface area contributed by atoms with Crippen molar-refractivity contribution in [2.45, 2.75) is 102 Å². The standard InChI is InChI=1S/3C17H16F3N7O.C17H17F3N6O2.C16H15F3N8O/c2*1-9-10(15(21)28)3-5-26(9)13-2-4-22-16(25-13)11-6-24-14-7-23-12(8-27(11)14)17(18,19)20;18-17(19,20)12-9-27-11(7-24-14(27)8-23-12)16-22-4-1-13(25-16)26-5-2-10(3-6-26)15(21)28;1-10-9-28-11(8-27)6-25(10)14-2-3-21-16(24-14)12-4-23-15-5-22-13(7-26(12)15)17(18,19)20;17-16(18,19)11-9-27-10(7-23-13(27)8-22-11)14-21-2-1-12(24-14)25-3-5-26(6-4-25)15(20)28/h2*2,4,6-10H,3,5H2,1H3,(H2,21,28);1,4,7-10H,2-3,5-6H2,(H2,21,28);2-5,7,10-11,27H,6,8-9H2,1H3;1-2,7-9H,3-6H2,(H2,20,28). The lowest BCUT2D eigenvalue weighted by Gasteiger charge is -2.38. The van der Waals surface area contributed by atoms with Crippen LogP contribution in [-0.4, -0.2) is 252 Å². The molecule has 5 saturated heterocycles. The number of aromatic nitrogens is 25. The number of nitrogens with two attached hydrogens (primary N) is 4. The maximum Gasteiger partial charge on any atom is 0.434 e. The highest BCUT2D eigenvalue weighted by Crippen LogP contribution is 2.39. The van der Waals surface area contributed by atoms with E-state index in [9.17, 15) is 90.1 Å². The van der Waals surface area contributed by atoms with Gasteiger partial charge in [0.15, 0.2) is 85.8 Å². The first-order chi connectivity index (χ1) is 66.5. The molecule has 6 atom stereocenters. The van der Waals surface area contributed by atoms with Gasteiger partial charge < -0.3 is 62.2 Å². The zero-order valence-electron chi connectivity index (χ0n) is 73.4. The second-order valence-corrected chi connectivity index (χ2v) is 32.5. The van der Waals surface area contributed by atoms with Crippen LogP contribution in [0.5, 0.6) is 0 Å². The summed E-state index contributed by atoms with van der Waals surface area (Å²) in [5, 5.41) is 9.36. The van der Waals surface area contributed by atoms with E-state index in [0.29, 0.717) is 149 Å². The van der Waals surface area contributed by atoms with Gasteiger partial charge in [-0.15, -0.1) is 0 Å². The Morgan fingerprint density at radius 1 is 0.350 bits per heavy atom. The van der Waals surface area contributed by atoms with Crippen LogP contribution in [0.2, 0.25) is 0 Å². The lowest BCUT2D eigenvalue weighted by Crippen LogP contribution is -2.50. The molecule has 0 aromatic carbocycles. The minimum absolute atomic E-state index is 0.0220. The fourth-order valence-corrected chi connectivity index (χ4v) is 16.3. The molecule has 5 aliphatic heterocycles. The average molecular weight is 1960 g/mol. The molecule has 0 aliphatic carbocycles. The van der Waals surface area contributed by atoms with Crippen molar-refractivity contribution >= 4 is 81.1 Å². The molecular formula is C84H80F15N35O6. The lowest BCUT2D eigenvalue weighted by atomic mass is 9.96. The molecule has 0 spiro atoms. The number of piperidine rings is 1. The van der Waals surface area contributed by atoms with Gasteiger partial charge in [0.2, 0.25) is 17.7 Å². The number of ether oxygens (including phenoxy) is 1. The van der Waals surface area contributed by atoms with Crippen molar-refractivity contribution in [2.24, 2.45) is 40.7 Å². The fraction of sp³-hybridized carbons (Fsp3) is 0.357. The quantitative estimate of drug-likeness (QED) is 0.0634. The van der Waals surface area contributed by atoms with Crippen molar-refractivity contribution in [1.29, 1.82) is 0 Å². The Morgan fingerprint density at radius 2 is 0.629 bits per heavy atom. The number of carbonyl (C=O) groups excluding carboxylic acids is 4. The number of amides is 5. The van der Waals surface area contributed by atoms with E-state index in [-0.39, 0.29) is 124 Å². The van der Waals surface area contributed by atoms with E-state index in [0.717, 1.165) is 62.0 Å². The summed E-state index contributed by atoms with van der Waals surface area (Å²) in [7, 11) is 0. The minimum atomic E-state index is -4.58. The third kappa shape index (κ3) is 21.1. The molecule has 15 aromatic heterocycles. The van der Waals surface area contributed by atoms with E-state index < -0.39 is 65.4 Å². The zero-order chi connectivity index (χ0) is 99.8. The maximum absolute atomic E-state index is 13.0. The van der Waals surface area contributed by atoms with Gasteiger partial charge in [0.05, 0.1) is 99.2 Å². The number of urea groups is 1. The average Bonchev–Trinajstić information content (AvgIpc) is 1.64. The number of nitrogens with zero attached hydrogens (tertiary/aromatic N) is 31. The van der Waals surface area contributed by atoms with Crippen LogP contribution in [0.4, 0.5) is 99.7 Å². The van der Waals surface area contributed by atoms with Crippen LogP contribution in [0.1, 0.15) is 74.9 Å². The monoisotopic (exact) mass is 1960 g/mol. The number of morpholine rings is 1. The summed E-state index contributed by atoms with van der Waals surface area (Å²) in [6.45, 7) is 10.9. The molecule has 0 saturated carbocycles. The number of primary amides is 4. The maximum atomic E-state index is 13.0. The van der Waals surface area contributed by atoms with Crippen LogP contribution in [0, 0.1) is 17.8 Å². The first-order valence-corrected chi connectivity index (χ1v) is 42.7. The van der Waals surface area contributed by atoms with Crippen molar-refractivity contribution in [3.63, 3.8) is 0 Å². The predicted octanol–water partition coefficient (Wildman–Crippen LogP) is 8.91. The Balaban J connectivity index is 0.000000126. The summed E-state index contributed by atoms with van der Waals surface area (Å²) in [4.78, 5) is 138. The molecule has 5 amide bonds. The molecule has 20 heterocycles. The van der Waals surface area contributed by atoms with Crippen molar-refractivity contribution < 1.29 is 94.9 Å². The van der Waals surface area contributed by atoms with E-state index in [1.165, 1.54) is 76.5 Å². The molecule has 5 aliphatic rings. The van der Waals surface area contributed by atoms with Gasteiger partial charge in [-0.05, 0) is 76.8 Å². The zero-order valence-corrected chi connectivity index (χ0v) is 73.4. The summed E-state index contributed by atoms with van der Waals surface area (Å²) in [6.07, 6.45) is 3.65. The topological polar surface area (TPSA) is 501 Å². The van der Waals surface area contributed by atoms with E-state index in [4.69, 9.17) is 27.7 Å². The van der Waals surface area contributed by atoms with Gasteiger partial charge in [0, 0.05) is 139 Å².